The number of likely N-dealkylation sites (tertiary alicyclic amines) is 1. The van der Waals surface area contributed by atoms with Crippen molar-refractivity contribution in [1.29, 1.82) is 0 Å². The predicted octanol–water partition coefficient (Wildman–Crippen LogP) is 3.21. The predicted molar refractivity (Wildman–Crippen MR) is 82.7 cm³/mol. The molecule has 0 amide bonds. The van der Waals surface area contributed by atoms with Gasteiger partial charge in [-0.1, -0.05) is 17.7 Å². The first kappa shape index (κ1) is 14.5. The molecule has 2 atom stereocenters. The van der Waals surface area contributed by atoms with Crippen LogP contribution in [0, 0.1) is 26.7 Å². The van der Waals surface area contributed by atoms with Crippen LogP contribution in [0.25, 0.3) is 0 Å². The minimum Gasteiger partial charge on any atom is -0.319 e. The Morgan fingerprint density at radius 2 is 1.89 bits per heavy atom. The Bertz CT molecular complexity index is 416. The van der Waals surface area contributed by atoms with Gasteiger partial charge in [-0.05, 0) is 76.9 Å². The monoisotopic (exact) mass is 260 g/mol. The zero-order valence-electron chi connectivity index (χ0n) is 13.1. The molecule has 19 heavy (non-hydrogen) atoms. The van der Waals surface area contributed by atoms with Crippen molar-refractivity contribution in [2.75, 3.05) is 26.7 Å². The van der Waals surface area contributed by atoms with Gasteiger partial charge in [0.2, 0.25) is 0 Å². The van der Waals surface area contributed by atoms with Crippen LogP contribution >= 0.6 is 0 Å². The van der Waals surface area contributed by atoms with Crippen molar-refractivity contribution in [3.8, 4) is 0 Å². The molecule has 1 aliphatic rings. The van der Waals surface area contributed by atoms with Gasteiger partial charge in [-0.2, -0.15) is 0 Å². The number of hydrogen-bond acceptors (Lipinski definition) is 2. The molecular weight excluding hydrogens is 232 g/mol. The second kappa shape index (κ2) is 6.06. The molecule has 1 saturated heterocycles. The molecule has 1 N–H and O–H groups in total. The fraction of sp³-hybridized carbons (Fsp3) is 0.647. The zero-order valence-corrected chi connectivity index (χ0v) is 13.1. The Labute approximate surface area is 118 Å². The Morgan fingerprint density at radius 3 is 2.47 bits per heavy atom. The van der Waals surface area contributed by atoms with Gasteiger partial charge < -0.3 is 5.32 Å². The van der Waals surface area contributed by atoms with Gasteiger partial charge in [0.1, 0.15) is 0 Å². The fourth-order valence-corrected chi connectivity index (χ4v) is 3.70. The van der Waals surface area contributed by atoms with E-state index in [9.17, 15) is 0 Å². The molecule has 1 fully saturated rings. The highest BCUT2D eigenvalue weighted by molar-refractivity contribution is 5.39. The number of hydrogen-bond donors (Lipinski definition) is 1. The van der Waals surface area contributed by atoms with E-state index in [1.165, 1.54) is 41.8 Å². The van der Waals surface area contributed by atoms with Crippen LogP contribution in [0.5, 0.6) is 0 Å². The molecule has 2 nitrogen and oxygen atoms in total. The van der Waals surface area contributed by atoms with Crippen LogP contribution in [0.4, 0.5) is 0 Å². The third-order valence-electron chi connectivity index (χ3n) is 4.51. The molecule has 2 unspecified atom stereocenters. The summed E-state index contributed by atoms with van der Waals surface area (Å²) in [6.45, 7) is 12.7. The van der Waals surface area contributed by atoms with Gasteiger partial charge in [-0.25, -0.2) is 0 Å². The molecule has 0 radical (unpaired) electrons. The molecular formula is C17H28N2. The van der Waals surface area contributed by atoms with Gasteiger partial charge in [-0.15, -0.1) is 0 Å². The molecule has 0 aliphatic carbocycles. The maximum atomic E-state index is 3.31. The van der Waals surface area contributed by atoms with E-state index in [-0.39, 0.29) is 0 Å². The first-order chi connectivity index (χ1) is 9.02. The highest BCUT2D eigenvalue weighted by Gasteiger charge is 2.27. The van der Waals surface area contributed by atoms with E-state index in [0.29, 0.717) is 6.04 Å². The second-order valence-corrected chi connectivity index (χ2v) is 6.20. The van der Waals surface area contributed by atoms with Crippen LogP contribution < -0.4 is 5.32 Å². The smallest absolute Gasteiger partial charge is 0.0325 e. The Kier molecular flexibility index (Phi) is 4.64. The number of rotatable bonds is 4. The summed E-state index contributed by atoms with van der Waals surface area (Å²) in [5, 5.41) is 3.31. The molecule has 1 aliphatic heterocycles. The highest BCUT2D eigenvalue weighted by Crippen LogP contribution is 2.31. The van der Waals surface area contributed by atoms with Crippen molar-refractivity contribution < 1.29 is 0 Å². The van der Waals surface area contributed by atoms with Gasteiger partial charge in [0.05, 0.1) is 0 Å². The molecule has 2 rings (SSSR count). The van der Waals surface area contributed by atoms with Crippen LogP contribution in [0.3, 0.4) is 0 Å². The molecule has 1 aromatic carbocycles. The lowest BCUT2D eigenvalue weighted by Crippen LogP contribution is -2.28. The summed E-state index contributed by atoms with van der Waals surface area (Å²) in [7, 11) is 2.06. The van der Waals surface area contributed by atoms with Crippen molar-refractivity contribution in [2.24, 2.45) is 5.92 Å². The van der Waals surface area contributed by atoms with Crippen LogP contribution in [0.15, 0.2) is 12.1 Å². The van der Waals surface area contributed by atoms with Gasteiger partial charge in [0.15, 0.2) is 0 Å². The number of nitrogens with zero attached hydrogens (tertiary/aromatic N) is 1. The first-order valence-corrected chi connectivity index (χ1v) is 7.49. The molecule has 2 heteroatoms. The summed E-state index contributed by atoms with van der Waals surface area (Å²) < 4.78 is 0. The van der Waals surface area contributed by atoms with E-state index in [2.05, 4.69) is 57.1 Å². The van der Waals surface area contributed by atoms with Gasteiger partial charge in [0, 0.05) is 12.6 Å². The lowest BCUT2D eigenvalue weighted by atomic mass is 9.94. The Balaban J connectivity index is 2.14. The molecule has 0 spiro atoms. The van der Waals surface area contributed by atoms with E-state index >= 15 is 0 Å². The first-order valence-electron chi connectivity index (χ1n) is 7.49. The standard InChI is InChI=1S/C17H28N2/c1-12-8-13(2)17(14(3)9-12)15(4)19-7-6-16(11-19)10-18-5/h8-9,15-16,18H,6-7,10-11H2,1-5H3. The summed E-state index contributed by atoms with van der Waals surface area (Å²) in [6, 6.07) is 5.18. The minimum absolute atomic E-state index is 0.544. The summed E-state index contributed by atoms with van der Waals surface area (Å²) >= 11 is 0. The van der Waals surface area contributed by atoms with Crippen LogP contribution in [-0.2, 0) is 0 Å². The van der Waals surface area contributed by atoms with Crippen LogP contribution in [0.1, 0.15) is 41.6 Å². The summed E-state index contributed by atoms with van der Waals surface area (Å²) in [5.74, 6) is 0.818. The fourth-order valence-electron chi connectivity index (χ4n) is 3.70. The topological polar surface area (TPSA) is 15.3 Å². The normalized spacial score (nSPS) is 21.8. The maximum absolute atomic E-state index is 3.31. The number of aryl methyl sites for hydroxylation is 3. The van der Waals surface area contributed by atoms with Crippen molar-refractivity contribution in [3.05, 3.63) is 34.4 Å². The van der Waals surface area contributed by atoms with Crippen LogP contribution in [-0.4, -0.2) is 31.6 Å². The zero-order chi connectivity index (χ0) is 14.0. The molecule has 0 saturated carbocycles. The Hall–Kier alpha value is -0.860. The van der Waals surface area contributed by atoms with E-state index < -0.39 is 0 Å². The van der Waals surface area contributed by atoms with Crippen molar-refractivity contribution in [3.63, 3.8) is 0 Å². The minimum atomic E-state index is 0.544. The largest absolute Gasteiger partial charge is 0.319 e. The second-order valence-electron chi connectivity index (χ2n) is 6.20. The molecule has 0 aromatic heterocycles. The quantitative estimate of drug-likeness (QED) is 0.894. The average molecular weight is 260 g/mol. The number of benzene rings is 1. The summed E-state index contributed by atoms with van der Waals surface area (Å²) in [6.07, 6.45) is 1.33. The van der Waals surface area contributed by atoms with E-state index in [1.54, 1.807) is 0 Å². The number of nitrogens with one attached hydrogen (secondary N) is 1. The lowest BCUT2D eigenvalue weighted by molar-refractivity contribution is 0.251. The van der Waals surface area contributed by atoms with Gasteiger partial charge in [0.25, 0.3) is 0 Å². The molecule has 0 bridgehead atoms. The third kappa shape index (κ3) is 3.18. The Morgan fingerprint density at radius 1 is 1.26 bits per heavy atom. The average Bonchev–Trinajstić information content (AvgIpc) is 2.76. The van der Waals surface area contributed by atoms with Crippen molar-refractivity contribution >= 4 is 0 Å². The summed E-state index contributed by atoms with van der Waals surface area (Å²) in [4.78, 5) is 2.65. The van der Waals surface area contributed by atoms with E-state index in [4.69, 9.17) is 0 Å². The van der Waals surface area contributed by atoms with Crippen molar-refractivity contribution in [1.82, 2.24) is 10.2 Å². The molecule has 1 aromatic rings. The van der Waals surface area contributed by atoms with Crippen LogP contribution in [0.2, 0.25) is 0 Å². The summed E-state index contributed by atoms with van der Waals surface area (Å²) in [5.41, 5.74) is 5.81. The van der Waals surface area contributed by atoms with Gasteiger partial charge in [-0.3, -0.25) is 4.90 Å². The van der Waals surface area contributed by atoms with Crippen molar-refractivity contribution in [2.45, 2.75) is 40.2 Å². The van der Waals surface area contributed by atoms with Gasteiger partial charge >= 0.3 is 0 Å². The highest BCUT2D eigenvalue weighted by atomic mass is 15.2. The SMILES string of the molecule is CNCC1CCN(C(C)c2c(C)cc(C)cc2C)C1. The maximum Gasteiger partial charge on any atom is 0.0325 e. The third-order valence-corrected chi connectivity index (χ3v) is 4.51. The lowest BCUT2D eigenvalue weighted by Gasteiger charge is -2.28. The molecule has 106 valence electrons. The van der Waals surface area contributed by atoms with E-state index in [1.807, 2.05) is 0 Å². The van der Waals surface area contributed by atoms with E-state index in [0.717, 1.165) is 12.5 Å². The molecule has 1 heterocycles.